The first-order valence-electron chi connectivity index (χ1n) is 6.74. The second kappa shape index (κ2) is 4.94. The maximum atomic E-state index is 13.3. The van der Waals surface area contributed by atoms with Gasteiger partial charge in [0, 0.05) is 24.4 Å². The van der Waals surface area contributed by atoms with Crippen molar-refractivity contribution in [3.63, 3.8) is 0 Å². The molecular weight excluding hydrogens is 292 g/mol. The van der Waals surface area contributed by atoms with Crippen LogP contribution < -0.4 is 11.1 Å². The van der Waals surface area contributed by atoms with Crippen LogP contribution in [0.3, 0.4) is 0 Å². The van der Waals surface area contributed by atoms with Gasteiger partial charge in [0.25, 0.3) is 11.1 Å². The number of nitrogens with one attached hydrogen (secondary N) is 1. The Hall–Kier alpha value is -2.70. The van der Waals surface area contributed by atoms with Crippen molar-refractivity contribution in [2.45, 2.75) is 20.4 Å². The normalized spacial score (nSPS) is 11.3. The van der Waals surface area contributed by atoms with Gasteiger partial charge in [0.15, 0.2) is 0 Å². The molecule has 5 nitrogen and oxygen atoms in total. The third-order valence-electron chi connectivity index (χ3n) is 3.64. The van der Waals surface area contributed by atoms with Crippen LogP contribution in [0.4, 0.5) is 8.78 Å². The Morgan fingerprint density at radius 3 is 2.32 bits per heavy atom. The van der Waals surface area contributed by atoms with Crippen LogP contribution in [0.5, 0.6) is 0 Å². The fourth-order valence-electron chi connectivity index (χ4n) is 2.65. The Labute approximate surface area is 123 Å². The predicted molar refractivity (Wildman–Crippen MR) is 78.5 cm³/mol. The van der Waals surface area contributed by atoms with Gasteiger partial charge < -0.3 is 4.57 Å². The van der Waals surface area contributed by atoms with Gasteiger partial charge in [-0.15, -0.1) is 0 Å². The summed E-state index contributed by atoms with van der Waals surface area (Å²) in [7, 11) is 0. The third kappa shape index (κ3) is 2.05. The SMILES string of the molecule is CCn1c(C)c2c(=O)n(-c3cc(F)cc(F)c3)[nH]c2cc1=O. The van der Waals surface area contributed by atoms with Gasteiger partial charge in [0.05, 0.1) is 16.6 Å². The van der Waals surface area contributed by atoms with Crippen LogP contribution in [0.2, 0.25) is 0 Å². The molecule has 2 aromatic heterocycles. The topological polar surface area (TPSA) is 59.8 Å². The van der Waals surface area contributed by atoms with Crippen LogP contribution in [0.15, 0.2) is 33.9 Å². The minimum absolute atomic E-state index is 0.0357. The highest BCUT2D eigenvalue weighted by atomic mass is 19.1. The number of nitrogens with zero attached hydrogens (tertiary/aromatic N) is 2. The van der Waals surface area contributed by atoms with Gasteiger partial charge in [0.2, 0.25) is 0 Å². The molecule has 0 amide bonds. The molecule has 2 heterocycles. The number of hydrogen-bond acceptors (Lipinski definition) is 2. The lowest BCUT2D eigenvalue weighted by molar-refractivity contribution is 0.580. The van der Waals surface area contributed by atoms with Crippen molar-refractivity contribution in [3.8, 4) is 5.69 Å². The Bertz CT molecular complexity index is 978. The van der Waals surface area contributed by atoms with Crippen LogP contribution in [-0.4, -0.2) is 14.3 Å². The van der Waals surface area contributed by atoms with Gasteiger partial charge in [-0.25, -0.2) is 13.5 Å². The Balaban J connectivity index is 2.38. The summed E-state index contributed by atoms with van der Waals surface area (Å²) in [5.41, 5.74) is 0.184. The fraction of sp³-hybridized carbons (Fsp3) is 0.200. The zero-order valence-electron chi connectivity index (χ0n) is 12.0. The number of aromatic amines is 1. The van der Waals surface area contributed by atoms with Crippen molar-refractivity contribution in [2.24, 2.45) is 0 Å². The van der Waals surface area contributed by atoms with E-state index in [1.54, 1.807) is 13.8 Å². The Morgan fingerprint density at radius 2 is 1.73 bits per heavy atom. The number of H-pyrrole nitrogens is 1. The average Bonchev–Trinajstić information content (AvgIpc) is 2.75. The molecule has 0 fully saturated rings. The first-order valence-corrected chi connectivity index (χ1v) is 6.74. The van der Waals surface area contributed by atoms with Crippen molar-refractivity contribution >= 4 is 10.9 Å². The monoisotopic (exact) mass is 305 g/mol. The predicted octanol–water partition coefficient (Wildman–Crippen LogP) is 2.09. The molecule has 0 saturated carbocycles. The number of hydrogen-bond donors (Lipinski definition) is 1. The number of halogens is 2. The lowest BCUT2D eigenvalue weighted by Crippen LogP contribution is -2.22. The van der Waals surface area contributed by atoms with E-state index in [0.717, 1.165) is 22.9 Å². The number of benzene rings is 1. The number of aryl methyl sites for hydroxylation is 1. The van der Waals surface area contributed by atoms with Crippen molar-refractivity contribution in [2.75, 3.05) is 0 Å². The number of pyridine rings is 1. The van der Waals surface area contributed by atoms with E-state index in [1.165, 1.54) is 10.6 Å². The number of aromatic nitrogens is 3. The van der Waals surface area contributed by atoms with E-state index < -0.39 is 17.2 Å². The summed E-state index contributed by atoms with van der Waals surface area (Å²) in [6, 6.07) is 4.12. The summed E-state index contributed by atoms with van der Waals surface area (Å²) in [6.07, 6.45) is 0. The molecule has 3 aromatic rings. The molecule has 22 heavy (non-hydrogen) atoms. The van der Waals surface area contributed by atoms with Gasteiger partial charge in [-0.05, 0) is 26.0 Å². The summed E-state index contributed by atoms with van der Waals surface area (Å²) >= 11 is 0. The molecule has 0 unspecified atom stereocenters. The van der Waals surface area contributed by atoms with Crippen molar-refractivity contribution in [1.82, 2.24) is 14.3 Å². The molecular formula is C15H13F2N3O2. The highest BCUT2D eigenvalue weighted by Gasteiger charge is 2.15. The Kier molecular flexibility index (Phi) is 3.20. The van der Waals surface area contributed by atoms with Gasteiger partial charge >= 0.3 is 0 Å². The number of rotatable bonds is 2. The molecule has 7 heteroatoms. The van der Waals surface area contributed by atoms with Gasteiger partial charge in [0.1, 0.15) is 11.6 Å². The van der Waals surface area contributed by atoms with Gasteiger partial charge in [-0.2, -0.15) is 0 Å². The lowest BCUT2D eigenvalue weighted by atomic mass is 10.2. The summed E-state index contributed by atoms with van der Waals surface area (Å²) < 4.78 is 29.2. The Morgan fingerprint density at radius 1 is 1.09 bits per heavy atom. The second-order valence-corrected chi connectivity index (χ2v) is 4.98. The van der Waals surface area contributed by atoms with Gasteiger partial charge in [-0.3, -0.25) is 14.7 Å². The summed E-state index contributed by atoms with van der Waals surface area (Å²) in [6.45, 7) is 3.90. The first-order chi connectivity index (χ1) is 10.4. The van der Waals surface area contributed by atoms with E-state index in [-0.39, 0.29) is 11.2 Å². The van der Waals surface area contributed by atoms with Crippen LogP contribution in [-0.2, 0) is 6.54 Å². The van der Waals surface area contributed by atoms with E-state index in [4.69, 9.17) is 0 Å². The maximum absolute atomic E-state index is 13.3. The van der Waals surface area contributed by atoms with Crippen LogP contribution >= 0.6 is 0 Å². The van der Waals surface area contributed by atoms with E-state index in [9.17, 15) is 18.4 Å². The smallest absolute Gasteiger partial charge is 0.280 e. The summed E-state index contributed by atoms with van der Waals surface area (Å²) in [4.78, 5) is 24.5. The van der Waals surface area contributed by atoms with E-state index in [0.29, 0.717) is 23.1 Å². The fourth-order valence-corrected chi connectivity index (χ4v) is 2.65. The zero-order valence-corrected chi connectivity index (χ0v) is 12.0. The lowest BCUT2D eigenvalue weighted by Gasteiger charge is -2.05. The standard InChI is InChI=1S/C15H13F2N3O2/c1-3-19-8(2)14-12(7-13(19)21)18-20(15(14)22)11-5-9(16)4-10(17)6-11/h4-7,18H,3H2,1-2H3. The van der Waals surface area contributed by atoms with Crippen LogP contribution in [0.25, 0.3) is 16.6 Å². The van der Waals surface area contributed by atoms with Crippen LogP contribution in [0, 0.1) is 18.6 Å². The third-order valence-corrected chi connectivity index (χ3v) is 3.64. The first kappa shape index (κ1) is 14.2. The molecule has 0 spiro atoms. The molecule has 0 saturated heterocycles. The molecule has 3 rings (SSSR count). The van der Waals surface area contributed by atoms with E-state index >= 15 is 0 Å². The summed E-state index contributed by atoms with van der Waals surface area (Å²) in [5.74, 6) is -1.57. The van der Waals surface area contributed by atoms with E-state index in [2.05, 4.69) is 5.10 Å². The minimum atomic E-state index is -0.787. The van der Waals surface area contributed by atoms with Crippen molar-refractivity contribution in [1.29, 1.82) is 0 Å². The maximum Gasteiger partial charge on any atom is 0.280 e. The summed E-state index contributed by atoms with van der Waals surface area (Å²) in [5, 5.41) is 3.05. The quantitative estimate of drug-likeness (QED) is 0.788. The highest BCUT2D eigenvalue weighted by Crippen LogP contribution is 2.15. The molecule has 0 aliphatic carbocycles. The van der Waals surface area contributed by atoms with Crippen molar-refractivity contribution < 1.29 is 8.78 Å². The molecule has 1 aromatic carbocycles. The van der Waals surface area contributed by atoms with Gasteiger partial charge in [-0.1, -0.05) is 0 Å². The molecule has 0 bridgehead atoms. The average molecular weight is 305 g/mol. The van der Waals surface area contributed by atoms with Crippen molar-refractivity contribution in [3.05, 3.63) is 62.3 Å². The highest BCUT2D eigenvalue weighted by molar-refractivity contribution is 5.80. The molecule has 1 N–H and O–H groups in total. The molecule has 0 aliphatic heterocycles. The molecule has 114 valence electrons. The zero-order chi connectivity index (χ0) is 16.0. The molecule has 0 atom stereocenters. The second-order valence-electron chi connectivity index (χ2n) is 4.98. The molecule has 0 aliphatic rings. The van der Waals surface area contributed by atoms with Crippen LogP contribution in [0.1, 0.15) is 12.6 Å². The number of fused-ring (bicyclic) bond motifs is 1. The minimum Gasteiger partial charge on any atom is -0.312 e. The molecule has 0 radical (unpaired) electrons. The van der Waals surface area contributed by atoms with E-state index in [1.807, 2.05) is 0 Å². The largest absolute Gasteiger partial charge is 0.312 e.